The van der Waals surface area contributed by atoms with Crippen molar-refractivity contribution in [1.82, 2.24) is 14.7 Å². The van der Waals surface area contributed by atoms with Crippen molar-refractivity contribution < 1.29 is 24.2 Å². The molecule has 0 unspecified atom stereocenters. The van der Waals surface area contributed by atoms with Crippen molar-refractivity contribution in [2.75, 3.05) is 19.0 Å². The maximum Gasteiger partial charge on any atom is 0.411 e. The van der Waals surface area contributed by atoms with Crippen LogP contribution in [0.15, 0.2) is 60.9 Å². The number of carbonyl (C=O) groups is 3. The van der Waals surface area contributed by atoms with E-state index in [1.165, 1.54) is 31.0 Å². The third kappa shape index (κ3) is 4.57. The first kappa shape index (κ1) is 22.1. The SMILES string of the molecule is C[C@@H](C(=O)O)N(C)C(=O)Cn1cc(NC(=O)OCC2c3ccccc3-c3ccccc32)cn1. The van der Waals surface area contributed by atoms with Gasteiger partial charge >= 0.3 is 12.1 Å². The van der Waals surface area contributed by atoms with Crippen LogP contribution in [0.5, 0.6) is 0 Å². The quantitative estimate of drug-likeness (QED) is 0.574. The number of fused-ring (bicyclic) bond motifs is 3. The van der Waals surface area contributed by atoms with Crippen molar-refractivity contribution >= 4 is 23.7 Å². The molecule has 33 heavy (non-hydrogen) atoms. The van der Waals surface area contributed by atoms with Crippen molar-refractivity contribution in [2.24, 2.45) is 0 Å². The van der Waals surface area contributed by atoms with Crippen molar-refractivity contribution in [3.05, 3.63) is 72.1 Å². The number of hydrogen-bond donors (Lipinski definition) is 2. The number of hydrogen-bond acceptors (Lipinski definition) is 5. The first-order chi connectivity index (χ1) is 15.8. The molecule has 0 saturated carbocycles. The molecule has 3 aromatic rings. The lowest BCUT2D eigenvalue weighted by Gasteiger charge is -2.21. The van der Waals surface area contributed by atoms with Crippen LogP contribution < -0.4 is 5.32 Å². The number of ether oxygens (including phenoxy) is 1. The molecule has 170 valence electrons. The number of amides is 2. The van der Waals surface area contributed by atoms with Gasteiger partial charge in [-0.15, -0.1) is 0 Å². The molecular formula is C24H24N4O5. The van der Waals surface area contributed by atoms with E-state index >= 15 is 0 Å². The molecule has 4 rings (SSSR count). The highest BCUT2D eigenvalue weighted by Gasteiger charge is 2.29. The molecule has 1 aliphatic rings. The van der Waals surface area contributed by atoms with Crippen LogP contribution in [-0.4, -0.2) is 57.5 Å². The third-order valence-corrected chi connectivity index (χ3v) is 5.85. The number of aliphatic carboxylic acids is 1. The standard InChI is InChI=1S/C24H24N4O5/c1-15(23(30)31)27(2)22(29)13-28-12-16(11-25-28)26-24(32)33-14-21-19-9-5-3-7-17(19)18-8-4-6-10-20(18)21/h3-12,15,21H,13-14H2,1-2H3,(H,26,32)(H,30,31)/t15-/m0/s1. The molecule has 0 radical (unpaired) electrons. The lowest BCUT2D eigenvalue weighted by Crippen LogP contribution is -2.41. The number of benzene rings is 2. The molecule has 0 saturated heterocycles. The molecule has 0 spiro atoms. The van der Waals surface area contributed by atoms with E-state index in [0.717, 1.165) is 27.2 Å². The highest BCUT2D eigenvalue weighted by Crippen LogP contribution is 2.44. The predicted octanol–water partition coefficient (Wildman–Crippen LogP) is 3.18. The Kier molecular flexibility index (Phi) is 6.12. The molecule has 2 amide bonds. The normalized spacial score (nSPS) is 13.0. The summed E-state index contributed by atoms with van der Waals surface area (Å²) in [5.74, 6) is -1.56. The van der Waals surface area contributed by atoms with Gasteiger partial charge in [0.15, 0.2) is 0 Å². The maximum atomic E-state index is 12.4. The zero-order valence-corrected chi connectivity index (χ0v) is 18.3. The first-order valence-corrected chi connectivity index (χ1v) is 10.5. The number of nitrogens with zero attached hydrogens (tertiary/aromatic N) is 3. The Morgan fingerprint density at radius 1 is 1.12 bits per heavy atom. The predicted molar refractivity (Wildman–Crippen MR) is 121 cm³/mol. The van der Waals surface area contributed by atoms with Gasteiger partial charge in [-0.1, -0.05) is 48.5 Å². The van der Waals surface area contributed by atoms with Gasteiger partial charge in [0.2, 0.25) is 5.91 Å². The largest absolute Gasteiger partial charge is 0.480 e. The summed E-state index contributed by atoms with van der Waals surface area (Å²) in [4.78, 5) is 36.8. The molecule has 0 fully saturated rings. The lowest BCUT2D eigenvalue weighted by molar-refractivity contribution is -0.148. The van der Waals surface area contributed by atoms with Gasteiger partial charge in [0.05, 0.1) is 11.9 Å². The topological polar surface area (TPSA) is 114 Å². The minimum atomic E-state index is -1.09. The van der Waals surface area contributed by atoms with Crippen LogP contribution >= 0.6 is 0 Å². The van der Waals surface area contributed by atoms with E-state index in [1.54, 1.807) is 0 Å². The highest BCUT2D eigenvalue weighted by molar-refractivity contribution is 5.85. The average molecular weight is 448 g/mol. The van der Waals surface area contributed by atoms with Crippen LogP contribution in [0.3, 0.4) is 0 Å². The number of carboxylic acids is 1. The Morgan fingerprint density at radius 3 is 2.33 bits per heavy atom. The van der Waals surface area contributed by atoms with E-state index in [2.05, 4.69) is 22.5 Å². The van der Waals surface area contributed by atoms with Crippen LogP contribution in [0, 0.1) is 0 Å². The summed E-state index contributed by atoms with van der Waals surface area (Å²) in [6.45, 7) is 1.46. The van der Waals surface area contributed by atoms with Gasteiger partial charge in [0.1, 0.15) is 19.2 Å². The van der Waals surface area contributed by atoms with Gasteiger partial charge in [-0.25, -0.2) is 9.59 Å². The maximum absolute atomic E-state index is 12.4. The molecule has 9 nitrogen and oxygen atoms in total. The molecule has 1 aliphatic carbocycles. The molecule has 9 heteroatoms. The summed E-state index contributed by atoms with van der Waals surface area (Å²) in [7, 11) is 1.42. The van der Waals surface area contributed by atoms with E-state index in [9.17, 15) is 14.4 Å². The molecule has 0 bridgehead atoms. The number of rotatable bonds is 7. The van der Waals surface area contributed by atoms with Crippen molar-refractivity contribution in [1.29, 1.82) is 0 Å². The number of nitrogens with one attached hydrogen (secondary N) is 1. The molecule has 1 aromatic heterocycles. The Morgan fingerprint density at radius 2 is 1.73 bits per heavy atom. The molecule has 2 N–H and O–H groups in total. The molecular weight excluding hydrogens is 424 g/mol. The summed E-state index contributed by atoms with van der Waals surface area (Å²) >= 11 is 0. The summed E-state index contributed by atoms with van der Waals surface area (Å²) in [5.41, 5.74) is 4.91. The van der Waals surface area contributed by atoms with E-state index in [4.69, 9.17) is 9.84 Å². The van der Waals surface area contributed by atoms with Gasteiger partial charge in [0, 0.05) is 19.2 Å². The molecule has 0 aliphatic heterocycles. The van der Waals surface area contributed by atoms with Crippen LogP contribution in [0.4, 0.5) is 10.5 Å². The Bertz CT molecular complexity index is 1160. The smallest absolute Gasteiger partial charge is 0.411 e. The number of carboxylic acid groups (broad SMARTS) is 1. The van der Waals surface area contributed by atoms with Crippen molar-refractivity contribution in [3.8, 4) is 11.1 Å². The first-order valence-electron chi connectivity index (χ1n) is 10.5. The Labute approximate surface area is 190 Å². The summed E-state index contributed by atoms with van der Waals surface area (Å²) in [6.07, 6.45) is 2.26. The van der Waals surface area contributed by atoms with Crippen LogP contribution in [0.2, 0.25) is 0 Å². The highest BCUT2D eigenvalue weighted by atomic mass is 16.5. The van der Waals surface area contributed by atoms with Crippen LogP contribution in [-0.2, 0) is 20.9 Å². The minimum absolute atomic E-state index is 0.0461. The summed E-state index contributed by atoms with van der Waals surface area (Å²) in [5, 5.41) is 15.7. The number of anilines is 1. The van der Waals surface area contributed by atoms with Gasteiger partial charge in [-0.3, -0.25) is 14.8 Å². The molecule has 2 aromatic carbocycles. The lowest BCUT2D eigenvalue weighted by atomic mass is 9.98. The fraction of sp³-hybridized carbons (Fsp3) is 0.250. The average Bonchev–Trinajstić information content (AvgIpc) is 3.38. The van der Waals surface area contributed by atoms with E-state index < -0.39 is 24.0 Å². The second kappa shape index (κ2) is 9.15. The number of aromatic nitrogens is 2. The minimum Gasteiger partial charge on any atom is -0.480 e. The van der Waals surface area contributed by atoms with Crippen molar-refractivity contribution in [2.45, 2.75) is 25.4 Å². The third-order valence-electron chi connectivity index (χ3n) is 5.85. The van der Waals surface area contributed by atoms with Crippen LogP contribution in [0.1, 0.15) is 24.0 Å². The fourth-order valence-electron chi connectivity index (χ4n) is 3.90. The Hall–Kier alpha value is -4.14. The van der Waals surface area contributed by atoms with E-state index in [0.29, 0.717) is 5.69 Å². The zero-order valence-electron chi connectivity index (χ0n) is 18.3. The van der Waals surface area contributed by atoms with E-state index in [-0.39, 0.29) is 19.1 Å². The molecule has 1 atom stereocenters. The zero-order chi connectivity index (χ0) is 23.5. The van der Waals surface area contributed by atoms with Crippen molar-refractivity contribution in [3.63, 3.8) is 0 Å². The van der Waals surface area contributed by atoms with Gasteiger partial charge < -0.3 is 14.7 Å². The second-order valence-corrected chi connectivity index (χ2v) is 7.90. The number of likely N-dealkylation sites (N-methyl/N-ethyl adjacent to an activating group) is 1. The van der Waals surface area contributed by atoms with Gasteiger partial charge in [-0.05, 0) is 29.2 Å². The number of carbonyl (C=O) groups excluding carboxylic acids is 2. The monoisotopic (exact) mass is 448 g/mol. The summed E-state index contributed by atoms with van der Waals surface area (Å²) < 4.78 is 6.83. The molecule has 1 heterocycles. The van der Waals surface area contributed by atoms with Gasteiger partial charge in [0.25, 0.3) is 0 Å². The van der Waals surface area contributed by atoms with Gasteiger partial charge in [-0.2, -0.15) is 5.10 Å². The van der Waals surface area contributed by atoms with Crippen LogP contribution in [0.25, 0.3) is 11.1 Å². The second-order valence-electron chi connectivity index (χ2n) is 7.90. The fourth-order valence-corrected chi connectivity index (χ4v) is 3.90. The Balaban J connectivity index is 1.35. The summed E-state index contributed by atoms with van der Waals surface area (Å²) in [6, 6.07) is 15.2. The van der Waals surface area contributed by atoms with E-state index in [1.807, 2.05) is 36.4 Å².